The summed E-state index contributed by atoms with van der Waals surface area (Å²) in [5.74, 6) is 1.77. The standard InChI is InChI=1S/C22H33NO2/c1-4-23-11-20(3)7-5-8-22-15(20)10-14(18(22)23)21-9-6-13(12(2)19(21)25)16(24)17(21)22/h13-19,24-25H,2,4-11H2,1,3H3/t13-,14-,15+,16-,17+,18-,19+,20-,21-,22-/m0/s1. The van der Waals surface area contributed by atoms with Crippen molar-refractivity contribution in [1.82, 2.24) is 4.90 Å². The number of hydrogen-bond donors (Lipinski definition) is 2. The van der Waals surface area contributed by atoms with Crippen LogP contribution in [0.15, 0.2) is 12.2 Å². The molecule has 3 nitrogen and oxygen atoms in total. The number of nitrogens with zero attached hydrogens (tertiary/aromatic N) is 1. The van der Waals surface area contributed by atoms with E-state index in [-0.39, 0.29) is 29.0 Å². The lowest BCUT2D eigenvalue weighted by molar-refractivity contribution is -0.227. The second kappa shape index (κ2) is 4.36. The van der Waals surface area contributed by atoms with E-state index in [9.17, 15) is 10.2 Å². The molecule has 25 heavy (non-hydrogen) atoms. The van der Waals surface area contributed by atoms with Crippen molar-refractivity contribution in [3.8, 4) is 0 Å². The van der Waals surface area contributed by atoms with Crippen molar-refractivity contribution in [2.45, 2.75) is 70.6 Å². The van der Waals surface area contributed by atoms with Crippen LogP contribution in [0, 0.1) is 39.9 Å². The van der Waals surface area contributed by atoms with Crippen LogP contribution in [0.4, 0.5) is 0 Å². The second-order valence-corrected chi connectivity index (χ2v) is 10.7. The summed E-state index contributed by atoms with van der Waals surface area (Å²) in [4.78, 5) is 2.77. The van der Waals surface area contributed by atoms with Crippen molar-refractivity contribution in [2.75, 3.05) is 13.1 Å². The van der Waals surface area contributed by atoms with Crippen LogP contribution >= 0.6 is 0 Å². The number of likely N-dealkylation sites (tertiary alicyclic amines) is 1. The summed E-state index contributed by atoms with van der Waals surface area (Å²) in [5.41, 5.74) is 1.54. The molecule has 3 heteroatoms. The smallest absolute Gasteiger partial charge is 0.0814 e. The molecule has 0 aromatic rings. The highest BCUT2D eigenvalue weighted by Gasteiger charge is 2.84. The summed E-state index contributed by atoms with van der Waals surface area (Å²) < 4.78 is 0. The van der Waals surface area contributed by atoms with Crippen LogP contribution in [0.5, 0.6) is 0 Å². The van der Waals surface area contributed by atoms with E-state index in [1.807, 2.05) is 0 Å². The molecule has 10 atom stereocenters. The summed E-state index contributed by atoms with van der Waals surface area (Å²) in [7, 11) is 0. The number of aliphatic hydroxyl groups is 2. The Morgan fingerprint density at radius 1 is 1.20 bits per heavy atom. The Hall–Kier alpha value is -0.380. The first-order chi connectivity index (χ1) is 11.9. The van der Waals surface area contributed by atoms with Crippen LogP contribution in [0.25, 0.3) is 0 Å². The van der Waals surface area contributed by atoms with Gasteiger partial charge in [0.2, 0.25) is 0 Å². The zero-order valence-electron chi connectivity index (χ0n) is 15.7. The number of aliphatic hydroxyl groups excluding tert-OH is 2. The minimum Gasteiger partial charge on any atom is -0.392 e. The number of piperidine rings is 1. The van der Waals surface area contributed by atoms with E-state index in [4.69, 9.17) is 0 Å². The second-order valence-electron chi connectivity index (χ2n) is 10.7. The number of fused-ring (bicyclic) bond motifs is 2. The molecule has 0 aromatic heterocycles. The van der Waals surface area contributed by atoms with Gasteiger partial charge in [-0.15, -0.1) is 0 Å². The van der Waals surface area contributed by atoms with Crippen LogP contribution in [0.3, 0.4) is 0 Å². The minimum atomic E-state index is -0.377. The third-order valence-corrected chi connectivity index (χ3v) is 10.5. The van der Waals surface area contributed by atoms with Crippen molar-refractivity contribution in [3.63, 3.8) is 0 Å². The van der Waals surface area contributed by atoms with E-state index in [2.05, 4.69) is 25.3 Å². The molecule has 0 amide bonds. The Labute approximate surface area is 151 Å². The summed E-state index contributed by atoms with van der Waals surface area (Å²) in [6.45, 7) is 11.5. The van der Waals surface area contributed by atoms with E-state index in [1.54, 1.807) is 0 Å². The van der Waals surface area contributed by atoms with Crippen molar-refractivity contribution in [1.29, 1.82) is 0 Å². The zero-order valence-corrected chi connectivity index (χ0v) is 15.7. The first-order valence-electron chi connectivity index (χ1n) is 10.7. The van der Waals surface area contributed by atoms with E-state index < -0.39 is 0 Å². The van der Waals surface area contributed by atoms with Gasteiger partial charge in [-0.2, -0.15) is 0 Å². The quantitative estimate of drug-likeness (QED) is 0.720. The van der Waals surface area contributed by atoms with Crippen molar-refractivity contribution in [3.05, 3.63) is 12.2 Å². The molecular formula is C22H33NO2. The van der Waals surface area contributed by atoms with Gasteiger partial charge in [0, 0.05) is 29.8 Å². The molecule has 0 unspecified atom stereocenters. The maximum Gasteiger partial charge on any atom is 0.0814 e. The van der Waals surface area contributed by atoms with Crippen LogP contribution < -0.4 is 0 Å². The lowest BCUT2D eigenvalue weighted by atomic mass is 9.39. The molecule has 2 N–H and O–H groups in total. The molecule has 7 bridgehead atoms. The summed E-state index contributed by atoms with van der Waals surface area (Å²) >= 11 is 0. The van der Waals surface area contributed by atoms with Gasteiger partial charge in [-0.1, -0.05) is 26.8 Å². The molecule has 7 rings (SSSR count). The summed E-state index contributed by atoms with van der Waals surface area (Å²) in [5, 5.41) is 22.9. The predicted octanol–water partition coefficient (Wildman–Crippen LogP) is 2.82. The Morgan fingerprint density at radius 2 is 2.00 bits per heavy atom. The van der Waals surface area contributed by atoms with Crippen molar-refractivity contribution >= 4 is 0 Å². The molecule has 7 fully saturated rings. The monoisotopic (exact) mass is 343 g/mol. The Morgan fingerprint density at radius 3 is 2.76 bits per heavy atom. The molecule has 6 saturated carbocycles. The topological polar surface area (TPSA) is 43.7 Å². The Bertz CT molecular complexity index is 662. The largest absolute Gasteiger partial charge is 0.392 e. The maximum atomic E-state index is 11.5. The molecule has 0 aromatic carbocycles. The molecule has 1 aliphatic heterocycles. The van der Waals surface area contributed by atoms with Gasteiger partial charge in [-0.3, -0.25) is 4.90 Å². The first kappa shape index (κ1) is 15.7. The fourth-order valence-corrected chi connectivity index (χ4v) is 10.1. The van der Waals surface area contributed by atoms with Gasteiger partial charge in [0.1, 0.15) is 0 Å². The average Bonchev–Trinajstić information content (AvgIpc) is 2.99. The fraction of sp³-hybridized carbons (Fsp3) is 0.909. The van der Waals surface area contributed by atoms with Crippen LogP contribution in [-0.2, 0) is 0 Å². The Balaban J connectivity index is 1.60. The van der Waals surface area contributed by atoms with Crippen molar-refractivity contribution < 1.29 is 10.2 Å². The molecule has 7 aliphatic rings. The van der Waals surface area contributed by atoms with E-state index in [1.165, 1.54) is 32.2 Å². The van der Waals surface area contributed by atoms with E-state index in [0.717, 1.165) is 30.9 Å². The molecular weight excluding hydrogens is 310 g/mol. The molecule has 1 heterocycles. The highest BCUT2D eigenvalue weighted by Crippen LogP contribution is 2.83. The normalized spacial score (nSPS) is 64.6. The highest BCUT2D eigenvalue weighted by molar-refractivity contribution is 5.38. The molecule has 1 saturated heterocycles. The van der Waals surface area contributed by atoms with Crippen molar-refractivity contribution in [2.24, 2.45) is 39.9 Å². The zero-order chi connectivity index (χ0) is 17.4. The van der Waals surface area contributed by atoms with E-state index in [0.29, 0.717) is 23.3 Å². The summed E-state index contributed by atoms with van der Waals surface area (Å²) in [6, 6.07) is 0.592. The van der Waals surface area contributed by atoms with Crippen LogP contribution in [0.1, 0.15) is 52.4 Å². The molecule has 2 spiro atoms. The third kappa shape index (κ3) is 1.34. The lowest BCUT2D eigenvalue weighted by Gasteiger charge is -2.68. The molecule has 6 aliphatic carbocycles. The SMILES string of the molecule is C=C1[C@@H](O)[C@]23CC[C@@H]1[C@H](O)[C@H]2[C@@]12CCC[C@@]4(C)CN(CC)[C@H]1[C@@H]3C[C@H]42. The van der Waals surface area contributed by atoms with Gasteiger partial charge in [-0.25, -0.2) is 0 Å². The average molecular weight is 344 g/mol. The van der Waals surface area contributed by atoms with Gasteiger partial charge < -0.3 is 10.2 Å². The van der Waals surface area contributed by atoms with Gasteiger partial charge in [0.25, 0.3) is 0 Å². The van der Waals surface area contributed by atoms with Gasteiger partial charge in [0.05, 0.1) is 12.2 Å². The van der Waals surface area contributed by atoms with Gasteiger partial charge in [0.15, 0.2) is 0 Å². The first-order valence-corrected chi connectivity index (χ1v) is 10.7. The number of rotatable bonds is 1. The summed E-state index contributed by atoms with van der Waals surface area (Å²) in [6.07, 6.45) is 6.75. The highest BCUT2D eigenvalue weighted by atomic mass is 16.3. The molecule has 0 radical (unpaired) electrons. The lowest BCUT2D eigenvalue weighted by Crippen LogP contribution is -2.69. The molecule has 138 valence electrons. The van der Waals surface area contributed by atoms with Gasteiger partial charge in [-0.05, 0) is 66.9 Å². The van der Waals surface area contributed by atoms with Gasteiger partial charge >= 0.3 is 0 Å². The fourth-order valence-electron chi connectivity index (χ4n) is 10.1. The predicted molar refractivity (Wildman–Crippen MR) is 96.8 cm³/mol. The minimum absolute atomic E-state index is 0.0809. The third-order valence-electron chi connectivity index (χ3n) is 10.5. The van der Waals surface area contributed by atoms with Crippen LogP contribution in [0.2, 0.25) is 0 Å². The number of hydrogen-bond acceptors (Lipinski definition) is 3. The van der Waals surface area contributed by atoms with Crippen LogP contribution in [-0.4, -0.2) is 46.5 Å². The maximum absolute atomic E-state index is 11.5. The Kier molecular flexibility index (Phi) is 2.73. The van der Waals surface area contributed by atoms with E-state index >= 15 is 0 Å².